The first-order valence-electron chi connectivity index (χ1n) is 14.1. The summed E-state index contributed by atoms with van der Waals surface area (Å²) in [4.78, 5) is 47.4. The van der Waals surface area contributed by atoms with Gasteiger partial charge in [0, 0.05) is 33.1 Å². The van der Waals surface area contributed by atoms with Crippen LogP contribution in [0, 0.1) is 56.7 Å². The molecule has 0 N–H and O–H groups in total. The highest BCUT2D eigenvalue weighted by molar-refractivity contribution is 5.77. The zero-order chi connectivity index (χ0) is 38.1. The summed E-state index contributed by atoms with van der Waals surface area (Å²) in [5, 5.41) is 45.6. The molecule has 0 saturated carbocycles. The van der Waals surface area contributed by atoms with Gasteiger partial charge in [0.15, 0.2) is 0 Å². The van der Waals surface area contributed by atoms with Gasteiger partial charge in [-0.05, 0) is 37.1 Å². The summed E-state index contributed by atoms with van der Waals surface area (Å²) in [5.74, 6) is -7.72. The third-order valence-electron chi connectivity index (χ3n) is 7.96. The van der Waals surface area contributed by atoms with Crippen LogP contribution in [0.1, 0.15) is 22.3 Å². The molecule has 0 saturated heterocycles. The predicted octanol–water partition coefficient (Wildman–Crippen LogP) is 5.61. The molecule has 0 aromatic heterocycles. The van der Waals surface area contributed by atoms with Crippen LogP contribution in [-0.2, 0) is 34.9 Å². The number of nitriles is 2. The Labute approximate surface area is 282 Å². The van der Waals surface area contributed by atoms with Crippen LogP contribution < -0.4 is 0 Å². The Morgan fingerprint density at radius 2 is 1.04 bits per heavy atom. The van der Waals surface area contributed by atoms with E-state index in [0.29, 0.717) is 24.3 Å². The lowest BCUT2D eigenvalue weighted by atomic mass is 9.76. The van der Waals surface area contributed by atoms with Gasteiger partial charge in [0.1, 0.15) is 34.8 Å². The zero-order valence-electron chi connectivity index (χ0n) is 25.8. The molecule has 2 aliphatic carbocycles. The second-order valence-corrected chi connectivity index (χ2v) is 10.9. The molecule has 2 aromatic rings. The standard InChI is InChI=1S/C32H20F6N4O9/c1-17-7-3-5-9-21(17)29(41(45)46)13-11-23(19(15-39)25(29)50-27(43)31(33,34)35)49-24-12-14-30(42(47)48,22-10-6-4-8-18(22)2)26(20(24)16-40)51-28(44)32(36,37)38/h3-14,25-26H,1-2H3. The van der Waals surface area contributed by atoms with E-state index in [1.807, 2.05) is 0 Å². The predicted molar refractivity (Wildman–Crippen MR) is 156 cm³/mol. The van der Waals surface area contributed by atoms with Crippen molar-refractivity contribution < 1.29 is 60.0 Å². The fraction of sp³-hybridized carbons (Fsp3) is 0.250. The number of aryl methyl sites for hydroxylation is 2. The maximum atomic E-state index is 13.5. The van der Waals surface area contributed by atoms with Gasteiger partial charge in [0.05, 0.1) is 0 Å². The number of carbonyl (C=O) groups is 2. The average Bonchev–Trinajstić information content (AvgIpc) is 3.05. The molecule has 13 nitrogen and oxygen atoms in total. The molecular formula is C32H20F6N4O9. The third-order valence-corrected chi connectivity index (χ3v) is 7.96. The number of allylic oxidation sites excluding steroid dienone is 2. The van der Waals surface area contributed by atoms with E-state index in [0.717, 1.165) is 12.1 Å². The van der Waals surface area contributed by atoms with Crippen molar-refractivity contribution in [3.63, 3.8) is 0 Å². The molecule has 2 aliphatic rings. The molecule has 0 spiro atoms. The van der Waals surface area contributed by atoms with Gasteiger partial charge in [-0.15, -0.1) is 0 Å². The van der Waals surface area contributed by atoms with E-state index < -0.39 is 80.1 Å². The van der Waals surface area contributed by atoms with Crippen molar-refractivity contribution in [2.24, 2.45) is 0 Å². The summed E-state index contributed by atoms with van der Waals surface area (Å²) in [7, 11) is 0. The van der Waals surface area contributed by atoms with E-state index >= 15 is 0 Å². The summed E-state index contributed by atoms with van der Waals surface area (Å²) in [6, 6.07) is 13.1. The highest BCUT2D eigenvalue weighted by Crippen LogP contribution is 2.46. The van der Waals surface area contributed by atoms with Gasteiger partial charge in [0.25, 0.3) is 0 Å². The molecule has 4 rings (SSSR count). The molecule has 0 amide bonds. The van der Waals surface area contributed by atoms with Gasteiger partial charge in [-0.2, -0.15) is 36.9 Å². The maximum Gasteiger partial charge on any atom is 0.490 e. The van der Waals surface area contributed by atoms with Crippen molar-refractivity contribution in [1.29, 1.82) is 10.5 Å². The topological polar surface area (TPSA) is 196 Å². The second kappa shape index (κ2) is 13.4. The molecule has 4 atom stereocenters. The van der Waals surface area contributed by atoms with Crippen molar-refractivity contribution in [1.82, 2.24) is 0 Å². The Morgan fingerprint density at radius 1 is 0.706 bits per heavy atom. The molecular weight excluding hydrogens is 698 g/mol. The fourth-order valence-corrected chi connectivity index (χ4v) is 5.64. The Kier molecular flexibility index (Phi) is 9.82. The molecule has 0 radical (unpaired) electrons. The highest BCUT2D eigenvalue weighted by atomic mass is 19.4. The van der Waals surface area contributed by atoms with E-state index in [1.54, 1.807) is 0 Å². The summed E-state index contributed by atoms with van der Waals surface area (Å²) in [6.07, 6.45) is -14.2. The third kappa shape index (κ3) is 6.48. The first-order chi connectivity index (χ1) is 23.8. The van der Waals surface area contributed by atoms with Crippen molar-refractivity contribution in [2.75, 3.05) is 0 Å². The van der Waals surface area contributed by atoms with Gasteiger partial charge < -0.3 is 14.2 Å². The molecule has 19 heteroatoms. The quantitative estimate of drug-likeness (QED) is 0.142. The molecule has 0 fully saturated rings. The lowest BCUT2D eigenvalue weighted by Gasteiger charge is -2.35. The maximum absolute atomic E-state index is 13.5. The highest BCUT2D eigenvalue weighted by Gasteiger charge is 2.62. The van der Waals surface area contributed by atoms with Crippen LogP contribution >= 0.6 is 0 Å². The Hall–Kier alpha value is -6.50. The normalized spacial score (nSPS) is 23.2. The lowest BCUT2D eigenvalue weighted by Crippen LogP contribution is -2.52. The molecule has 0 aliphatic heterocycles. The van der Waals surface area contributed by atoms with Crippen molar-refractivity contribution in [3.8, 4) is 12.1 Å². The molecule has 4 unspecified atom stereocenters. The summed E-state index contributed by atoms with van der Waals surface area (Å²) in [6.45, 7) is 2.68. The number of esters is 2. The van der Waals surface area contributed by atoms with Gasteiger partial charge in [-0.3, -0.25) is 20.2 Å². The number of alkyl halides is 6. The van der Waals surface area contributed by atoms with E-state index in [2.05, 4.69) is 9.47 Å². The Morgan fingerprint density at radius 3 is 1.31 bits per heavy atom. The van der Waals surface area contributed by atoms with Crippen LogP contribution in [0.5, 0.6) is 0 Å². The Bertz CT molecular complexity index is 1900. The largest absolute Gasteiger partial charge is 0.490 e. The second-order valence-electron chi connectivity index (χ2n) is 10.9. The molecule has 2 aromatic carbocycles. The number of rotatable bonds is 8. The molecule has 0 heterocycles. The SMILES string of the molecule is Cc1ccccc1C1([N+](=O)[O-])C=CC(OC2=C(C#N)C(OC(=O)C(F)(F)F)C(c3ccccc3C)([N+](=O)[O-])C=C2)=C(C#N)C1OC(=O)C(F)(F)F. The Balaban J connectivity index is 1.99. The van der Waals surface area contributed by atoms with Gasteiger partial charge >= 0.3 is 35.4 Å². The van der Waals surface area contributed by atoms with Crippen molar-refractivity contribution in [3.05, 3.63) is 138 Å². The number of benzene rings is 2. The minimum absolute atomic E-state index is 0.111. The molecule has 51 heavy (non-hydrogen) atoms. The fourth-order valence-electron chi connectivity index (χ4n) is 5.64. The summed E-state index contributed by atoms with van der Waals surface area (Å²) in [5.41, 5.74) is -8.48. The van der Waals surface area contributed by atoms with Crippen LogP contribution in [0.2, 0.25) is 0 Å². The average molecular weight is 719 g/mol. The van der Waals surface area contributed by atoms with E-state index in [1.165, 1.54) is 62.4 Å². The first kappa shape index (κ1) is 37.3. The number of carbonyl (C=O) groups excluding carboxylic acids is 2. The minimum Gasteiger partial charge on any atom is -0.455 e. The smallest absolute Gasteiger partial charge is 0.455 e. The number of nitro groups is 2. The van der Waals surface area contributed by atoms with Gasteiger partial charge in [0.2, 0.25) is 12.2 Å². The number of hydrogen-bond donors (Lipinski definition) is 0. The lowest BCUT2D eigenvalue weighted by molar-refractivity contribution is -0.575. The van der Waals surface area contributed by atoms with Crippen LogP contribution in [0.15, 0.2) is 95.5 Å². The van der Waals surface area contributed by atoms with Gasteiger partial charge in [-0.25, -0.2) is 9.59 Å². The number of halogens is 6. The molecule has 0 bridgehead atoms. The van der Waals surface area contributed by atoms with Crippen LogP contribution in [-0.4, -0.2) is 46.3 Å². The number of ether oxygens (including phenoxy) is 3. The van der Waals surface area contributed by atoms with Crippen LogP contribution in [0.3, 0.4) is 0 Å². The van der Waals surface area contributed by atoms with Crippen molar-refractivity contribution >= 4 is 11.9 Å². The summed E-state index contributed by atoms with van der Waals surface area (Å²) >= 11 is 0. The van der Waals surface area contributed by atoms with E-state index in [9.17, 15) is 66.7 Å². The van der Waals surface area contributed by atoms with Gasteiger partial charge in [-0.1, -0.05) is 48.5 Å². The monoisotopic (exact) mass is 718 g/mol. The van der Waals surface area contributed by atoms with Crippen molar-refractivity contribution in [2.45, 2.75) is 49.5 Å². The number of nitrogens with zero attached hydrogens (tertiary/aromatic N) is 4. The summed E-state index contributed by atoms with van der Waals surface area (Å²) < 4.78 is 95.4. The first-order valence-corrected chi connectivity index (χ1v) is 14.1. The molecule has 264 valence electrons. The zero-order valence-corrected chi connectivity index (χ0v) is 25.8. The van der Waals surface area contributed by atoms with Crippen LogP contribution in [0.25, 0.3) is 0 Å². The van der Waals surface area contributed by atoms with E-state index in [4.69, 9.17) is 4.74 Å². The number of hydrogen-bond acceptors (Lipinski definition) is 11. The van der Waals surface area contributed by atoms with E-state index in [-0.39, 0.29) is 22.3 Å². The minimum atomic E-state index is -5.73. The van der Waals surface area contributed by atoms with Crippen LogP contribution in [0.4, 0.5) is 26.3 Å².